The van der Waals surface area contributed by atoms with Crippen LogP contribution in [0.3, 0.4) is 0 Å². The van der Waals surface area contributed by atoms with Gasteiger partial charge in [-0.1, -0.05) is 36.4 Å². The number of likely N-dealkylation sites (tertiary alicyclic amines) is 1. The second-order valence-corrected chi connectivity index (χ2v) is 7.35. The molecule has 2 heteroatoms. The molecular formula is C19H29NO. The van der Waals surface area contributed by atoms with E-state index >= 15 is 0 Å². The van der Waals surface area contributed by atoms with Gasteiger partial charge in [-0.2, -0.15) is 0 Å². The van der Waals surface area contributed by atoms with Crippen LogP contribution in [0.25, 0.3) is 0 Å². The van der Waals surface area contributed by atoms with Gasteiger partial charge in [-0.3, -0.25) is 4.90 Å². The quantitative estimate of drug-likeness (QED) is 0.744. The van der Waals surface area contributed by atoms with Gasteiger partial charge in [0.2, 0.25) is 0 Å². The zero-order valence-electron chi connectivity index (χ0n) is 13.9. The molecule has 116 valence electrons. The molecule has 21 heavy (non-hydrogen) atoms. The van der Waals surface area contributed by atoms with Crippen molar-refractivity contribution in [2.45, 2.75) is 64.3 Å². The average molecular weight is 287 g/mol. The number of rotatable bonds is 5. The highest BCUT2D eigenvalue weighted by Crippen LogP contribution is 2.40. The minimum absolute atomic E-state index is 0.128. The Balaban J connectivity index is 2.15. The normalized spacial score (nSPS) is 22.1. The van der Waals surface area contributed by atoms with Gasteiger partial charge < -0.3 is 4.74 Å². The largest absolute Gasteiger partial charge is 0.374 e. The van der Waals surface area contributed by atoms with Crippen LogP contribution in [-0.4, -0.2) is 28.7 Å². The zero-order valence-corrected chi connectivity index (χ0v) is 13.9. The van der Waals surface area contributed by atoms with E-state index in [-0.39, 0.29) is 11.1 Å². The first-order valence-corrected chi connectivity index (χ1v) is 7.89. The number of piperidine rings is 1. The third kappa shape index (κ3) is 3.96. The van der Waals surface area contributed by atoms with E-state index < -0.39 is 0 Å². The fourth-order valence-electron chi connectivity index (χ4n) is 3.74. The number of hydrogen-bond acceptors (Lipinski definition) is 2. The second-order valence-electron chi connectivity index (χ2n) is 7.35. The molecular weight excluding hydrogens is 258 g/mol. The molecule has 1 aromatic rings. The molecule has 0 amide bonds. The van der Waals surface area contributed by atoms with Crippen molar-refractivity contribution < 1.29 is 4.74 Å². The molecule has 0 N–H and O–H groups in total. The summed E-state index contributed by atoms with van der Waals surface area (Å²) in [7, 11) is 0. The van der Waals surface area contributed by atoms with Crippen LogP contribution < -0.4 is 0 Å². The van der Waals surface area contributed by atoms with Gasteiger partial charge >= 0.3 is 0 Å². The Kier molecular flexibility index (Phi) is 4.90. The molecule has 2 rings (SSSR count). The summed E-state index contributed by atoms with van der Waals surface area (Å²) < 4.78 is 5.96. The Morgan fingerprint density at radius 1 is 1.14 bits per heavy atom. The van der Waals surface area contributed by atoms with Crippen molar-refractivity contribution in [2.75, 3.05) is 6.61 Å². The SMILES string of the molecule is C=CCOC1CC(C)(C)N(Cc2ccccc2)C(C)(C)C1. The monoisotopic (exact) mass is 287 g/mol. The van der Waals surface area contributed by atoms with Crippen LogP contribution in [-0.2, 0) is 11.3 Å². The standard InChI is InChI=1S/C19H29NO/c1-6-12-21-17-13-18(2,3)20(19(4,5)14-17)15-16-10-8-7-9-11-16/h6-11,17H,1,12-15H2,2-5H3. The maximum absolute atomic E-state index is 5.96. The van der Waals surface area contributed by atoms with E-state index in [2.05, 4.69) is 69.5 Å². The lowest BCUT2D eigenvalue weighted by Crippen LogP contribution is -2.61. The summed E-state index contributed by atoms with van der Waals surface area (Å²) in [6, 6.07) is 10.7. The second kappa shape index (κ2) is 6.33. The third-order valence-electron chi connectivity index (χ3n) is 4.55. The Hall–Kier alpha value is -1.12. The summed E-state index contributed by atoms with van der Waals surface area (Å²) >= 11 is 0. The first kappa shape index (κ1) is 16.3. The van der Waals surface area contributed by atoms with Crippen molar-refractivity contribution in [2.24, 2.45) is 0 Å². The molecule has 1 aromatic carbocycles. The van der Waals surface area contributed by atoms with Gasteiger partial charge in [0.1, 0.15) is 0 Å². The smallest absolute Gasteiger partial charge is 0.0648 e. The third-order valence-corrected chi connectivity index (χ3v) is 4.55. The highest BCUT2D eigenvalue weighted by Gasteiger charge is 2.45. The van der Waals surface area contributed by atoms with E-state index in [0.717, 1.165) is 19.4 Å². The van der Waals surface area contributed by atoms with Gasteiger partial charge in [0, 0.05) is 17.6 Å². The zero-order chi connectivity index (χ0) is 15.5. The summed E-state index contributed by atoms with van der Waals surface area (Å²) in [6.07, 6.45) is 4.30. The van der Waals surface area contributed by atoms with Crippen LogP contribution in [0, 0.1) is 0 Å². The lowest BCUT2D eigenvalue weighted by molar-refractivity contribution is -0.104. The number of ether oxygens (including phenoxy) is 1. The first-order chi connectivity index (χ1) is 9.85. The van der Waals surface area contributed by atoms with E-state index in [0.29, 0.717) is 12.7 Å². The maximum atomic E-state index is 5.96. The van der Waals surface area contributed by atoms with E-state index in [1.807, 2.05) is 6.08 Å². The first-order valence-electron chi connectivity index (χ1n) is 7.89. The summed E-state index contributed by atoms with van der Waals surface area (Å²) in [5.41, 5.74) is 1.64. The van der Waals surface area contributed by atoms with Crippen molar-refractivity contribution in [3.05, 3.63) is 48.6 Å². The van der Waals surface area contributed by atoms with Gasteiger partial charge in [-0.05, 0) is 46.1 Å². The molecule has 0 spiro atoms. The van der Waals surface area contributed by atoms with E-state index in [1.165, 1.54) is 5.56 Å². The van der Waals surface area contributed by atoms with Crippen molar-refractivity contribution in [3.63, 3.8) is 0 Å². The Labute approximate surface area is 129 Å². The Morgan fingerprint density at radius 2 is 1.71 bits per heavy atom. The topological polar surface area (TPSA) is 12.5 Å². The van der Waals surface area contributed by atoms with Crippen LogP contribution in [0.4, 0.5) is 0 Å². The van der Waals surface area contributed by atoms with Gasteiger partial charge in [0.25, 0.3) is 0 Å². The minimum Gasteiger partial charge on any atom is -0.374 e. The van der Waals surface area contributed by atoms with Crippen molar-refractivity contribution >= 4 is 0 Å². The molecule has 1 aliphatic heterocycles. The Morgan fingerprint density at radius 3 is 2.24 bits per heavy atom. The number of nitrogens with zero attached hydrogens (tertiary/aromatic N) is 1. The van der Waals surface area contributed by atoms with Gasteiger partial charge in [0.15, 0.2) is 0 Å². The van der Waals surface area contributed by atoms with Crippen LogP contribution in [0.1, 0.15) is 46.1 Å². The molecule has 0 bridgehead atoms. The fraction of sp³-hybridized carbons (Fsp3) is 0.579. The molecule has 1 heterocycles. The predicted molar refractivity (Wildman–Crippen MR) is 89.3 cm³/mol. The molecule has 1 aliphatic rings. The molecule has 0 atom stereocenters. The van der Waals surface area contributed by atoms with E-state index in [9.17, 15) is 0 Å². The van der Waals surface area contributed by atoms with E-state index in [4.69, 9.17) is 4.74 Å². The van der Waals surface area contributed by atoms with Crippen molar-refractivity contribution in [3.8, 4) is 0 Å². The molecule has 0 aromatic heterocycles. The Bertz CT molecular complexity index is 446. The van der Waals surface area contributed by atoms with Crippen molar-refractivity contribution in [1.82, 2.24) is 4.90 Å². The molecule has 0 aliphatic carbocycles. The van der Waals surface area contributed by atoms with Crippen LogP contribution in [0.5, 0.6) is 0 Å². The summed E-state index contributed by atoms with van der Waals surface area (Å²) in [5, 5.41) is 0. The van der Waals surface area contributed by atoms with Crippen LogP contribution in [0.2, 0.25) is 0 Å². The molecule has 2 nitrogen and oxygen atoms in total. The van der Waals surface area contributed by atoms with Crippen LogP contribution >= 0.6 is 0 Å². The minimum atomic E-state index is 0.128. The fourth-order valence-corrected chi connectivity index (χ4v) is 3.74. The van der Waals surface area contributed by atoms with E-state index in [1.54, 1.807) is 0 Å². The highest BCUT2D eigenvalue weighted by molar-refractivity contribution is 5.16. The predicted octanol–water partition coefficient (Wildman–Crippen LogP) is 4.41. The lowest BCUT2D eigenvalue weighted by Gasteiger charge is -2.55. The van der Waals surface area contributed by atoms with Crippen LogP contribution in [0.15, 0.2) is 43.0 Å². The average Bonchev–Trinajstić information content (AvgIpc) is 2.41. The lowest BCUT2D eigenvalue weighted by atomic mass is 9.77. The maximum Gasteiger partial charge on any atom is 0.0648 e. The van der Waals surface area contributed by atoms with Gasteiger partial charge in [-0.25, -0.2) is 0 Å². The van der Waals surface area contributed by atoms with Gasteiger partial charge in [0.05, 0.1) is 12.7 Å². The molecule has 0 radical (unpaired) electrons. The highest BCUT2D eigenvalue weighted by atomic mass is 16.5. The van der Waals surface area contributed by atoms with Gasteiger partial charge in [-0.15, -0.1) is 6.58 Å². The summed E-state index contributed by atoms with van der Waals surface area (Å²) in [4.78, 5) is 2.63. The molecule has 0 unspecified atom stereocenters. The summed E-state index contributed by atoms with van der Waals surface area (Å²) in [6.45, 7) is 14.7. The van der Waals surface area contributed by atoms with Crippen molar-refractivity contribution in [1.29, 1.82) is 0 Å². The molecule has 1 fully saturated rings. The molecule has 0 saturated carbocycles. The molecule has 1 saturated heterocycles. The summed E-state index contributed by atoms with van der Waals surface area (Å²) in [5.74, 6) is 0. The number of benzene rings is 1. The number of hydrogen-bond donors (Lipinski definition) is 0.